The summed E-state index contributed by atoms with van der Waals surface area (Å²) in [6, 6.07) is 4.82. The van der Waals surface area contributed by atoms with E-state index in [0.717, 1.165) is 36.1 Å². The maximum absolute atomic E-state index is 13.3. The lowest BCUT2D eigenvalue weighted by Crippen LogP contribution is -2.27. The largest absolute Gasteiger partial charge is 0.352 e. The highest BCUT2D eigenvalue weighted by atomic mass is 19.1. The summed E-state index contributed by atoms with van der Waals surface area (Å²) >= 11 is 0. The molecule has 0 bridgehead atoms. The van der Waals surface area contributed by atoms with E-state index in [2.05, 4.69) is 11.8 Å². The Bertz CT molecular complexity index is 504. The molecule has 0 saturated heterocycles. The first-order valence-electron chi connectivity index (χ1n) is 7.76. The Morgan fingerprint density at radius 2 is 2.00 bits per heavy atom. The highest BCUT2D eigenvalue weighted by Crippen LogP contribution is 2.31. The third kappa shape index (κ3) is 2.72. The van der Waals surface area contributed by atoms with Gasteiger partial charge in [-0.3, -0.25) is 5.41 Å². The van der Waals surface area contributed by atoms with E-state index in [0.29, 0.717) is 5.84 Å². The van der Waals surface area contributed by atoms with E-state index in [-0.39, 0.29) is 5.82 Å². The van der Waals surface area contributed by atoms with Crippen LogP contribution in [0.15, 0.2) is 18.2 Å². The molecule has 2 nitrogen and oxygen atoms in total. The molecule has 0 amide bonds. The molecule has 3 rings (SSSR count). The predicted octanol–water partition coefficient (Wildman–Crippen LogP) is 4.18. The van der Waals surface area contributed by atoms with Crippen LogP contribution in [0.5, 0.6) is 0 Å². The Labute approximate surface area is 120 Å². The fourth-order valence-corrected chi connectivity index (χ4v) is 3.51. The summed E-state index contributed by atoms with van der Waals surface area (Å²) in [5, 5.41) is 8.19. The molecule has 0 atom stereocenters. The van der Waals surface area contributed by atoms with Crippen LogP contribution >= 0.6 is 0 Å². The summed E-state index contributed by atoms with van der Waals surface area (Å²) in [4.78, 5) is 2.10. The molecule has 20 heavy (non-hydrogen) atoms. The molecule has 2 aliphatic rings. The van der Waals surface area contributed by atoms with E-state index in [4.69, 9.17) is 5.41 Å². The molecule has 1 aliphatic carbocycles. The van der Waals surface area contributed by atoms with Gasteiger partial charge in [-0.2, -0.15) is 0 Å². The summed E-state index contributed by atoms with van der Waals surface area (Å²) in [5.41, 5.74) is 1.87. The number of halogens is 1. The van der Waals surface area contributed by atoms with Crippen LogP contribution in [0.4, 0.5) is 4.39 Å². The van der Waals surface area contributed by atoms with Crippen molar-refractivity contribution >= 4 is 5.84 Å². The van der Waals surface area contributed by atoms with Crippen molar-refractivity contribution in [3.05, 3.63) is 35.1 Å². The van der Waals surface area contributed by atoms with Crippen molar-refractivity contribution < 1.29 is 4.39 Å². The number of hydrogen-bond acceptors (Lipinski definition) is 1. The van der Waals surface area contributed by atoms with Crippen LogP contribution in [-0.2, 0) is 6.54 Å². The van der Waals surface area contributed by atoms with E-state index in [1.807, 2.05) is 6.07 Å². The van der Waals surface area contributed by atoms with Crippen LogP contribution in [0.2, 0.25) is 0 Å². The minimum absolute atomic E-state index is 0.239. The third-order valence-corrected chi connectivity index (χ3v) is 4.95. The molecular weight excluding hydrogens is 251 g/mol. The lowest BCUT2D eigenvalue weighted by atomic mass is 9.81. The Morgan fingerprint density at radius 3 is 2.75 bits per heavy atom. The van der Waals surface area contributed by atoms with Crippen molar-refractivity contribution in [2.45, 2.75) is 45.6 Å². The SMILES string of the molecule is CC1CCC(CCN2Cc3ccc(F)cc3C2=N)CC1. The first-order valence-corrected chi connectivity index (χ1v) is 7.76. The fourth-order valence-electron chi connectivity index (χ4n) is 3.51. The third-order valence-electron chi connectivity index (χ3n) is 4.95. The van der Waals surface area contributed by atoms with Gasteiger partial charge >= 0.3 is 0 Å². The number of fused-ring (bicyclic) bond motifs is 1. The first-order chi connectivity index (χ1) is 9.63. The number of benzene rings is 1. The smallest absolute Gasteiger partial charge is 0.128 e. The predicted molar refractivity (Wildman–Crippen MR) is 79.4 cm³/mol. The molecule has 1 heterocycles. The van der Waals surface area contributed by atoms with Crippen LogP contribution in [0, 0.1) is 23.1 Å². The quantitative estimate of drug-likeness (QED) is 0.879. The van der Waals surface area contributed by atoms with Gasteiger partial charge in [-0.1, -0.05) is 38.7 Å². The lowest BCUT2D eigenvalue weighted by Gasteiger charge is -2.28. The van der Waals surface area contributed by atoms with Gasteiger partial charge in [0.1, 0.15) is 11.7 Å². The average Bonchev–Trinajstić information content (AvgIpc) is 2.75. The maximum atomic E-state index is 13.3. The normalized spacial score (nSPS) is 25.9. The first kappa shape index (κ1) is 13.6. The van der Waals surface area contributed by atoms with Crippen molar-refractivity contribution in [3.8, 4) is 0 Å². The second-order valence-corrected chi connectivity index (χ2v) is 6.49. The van der Waals surface area contributed by atoms with Crippen molar-refractivity contribution in [3.63, 3.8) is 0 Å². The van der Waals surface area contributed by atoms with E-state index in [1.165, 1.54) is 44.2 Å². The Balaban J connectivity index is 1.57. The molecular formula is C17H23FN2. The zero-order valence-corrected chi connectivity index (χ0v) is 12.2. The minimum atomic E-state index is -0.239. The molecule has 108 valence electrons. The van der Waals surface area contributed by atoms with Crippen LogP contribution < -0.4 is 0 Å². The van der Waals surface area contributed by atoms with E-state index >= 15 is 0 Å². The Hall–Kier alpha value is -1.38. The van der Waals surface area contributed by atoms with Gasteiger partial charge in [0, 0.05) is 18.7 Å². The average molecular weight is 274 g/mol. The summed E-state index contributed by atoms with van der Waals surface area (Å²) in [6.07, 6.45) is 6.56. The molecule has 1 aliphatic heterocycles. The van der Waals surface area contributed by atoms with Gasteiger partial charge in [0.25, 0.3) is 0 Å². The minimum Gasteiger partial charge on any atom is -0.352 e. The number of rotatable bonds is 3. The second kappa shape index (κ2) is 5.55. The summed E-state index contributed by atoms with van der Waals surface area (Å²) in [6.45, 7) is 4.06. The van der Waals surface area contributed by atoms with Gasteiger partial charge in [-0.15, -0.1) is 0 Å². The van der Waals surface area contributed by atoms with Crippen LogP contribution in [-0.4, -0.2) is 17.3 Å². The Kier molecular flexibility index (Phi) is 3.77. The molecule has 3 heteroatoms. The lowest BCUT2D eigenvalue weighted by molar-refractivity contribution is 0.256. The topological polar surface area (TPSA) is 27.1 Å². The standard InChI is InChI=1S/C17H23FN2/c1-12-2-4-13(5-3-12)8-9-20-11-14-6-7-15(18)10-16(14)17(20)19/h6-7,10,12-13,19H,2-5,8-9,11H2,1H3. The molecule has 0 radical (unpaired) electrons. The second-order valence-electron chi connectivity index (χ2n) is 6.49. The molecule has 0 unspecified atom stereocenters. The van der Waals surface area contributed by atoms with Crippen molar-refractivity contribution in [2.24, 2.45) is 11.8 Å². The number of hydrogen-bond donors (Lipinski definition) is 1. The number of amidine groups is 1. The molecule has 1 aromatic rings. The molecule has 1 saturated carbocycles. The molecule has 1 fully saturated rings. The van der Waals surface area contributed by atoms with E-state index in [1.54, 1.807) is 0 Å². The van der Waals surface area contributed by atoms with Crippen LogP contribution in [0.3, 0.4) is 0 Å². The van der Waals surface area contributed by atoms with Gasteiger partial charge in [0.05, 0.1) is 0 Å². The van der Waals surface area contributed by atoms with Crippen molar-refractivity contribution in [1.29, 1.82) is 5.41 Å². The summed E-state index contributed by atoms with van der Waals surface area (Å²) < 4.78 is 13.3. The van der Waals surface area contributed by atoms with Gasteiger partial charge in [-0.25, -0.2) is 4.39 Å². The molecule has 0 spiro atoms. The van der Waals surface area contributed by atoms with Gasteiger partial charge in [0.2, 0.25) is 0 Å². The highest BCUT2D eigenvalue weighted by Gasteiger charge is 2.26. The van der Waals surface area contributed by atoms with Crippen LogP contribution in [0.25, 0.3) is 0 Å². The number of nitrogens with one attached hydrogen (secondary N) is 1. The summed E-state index contributed by atoms with van der Waals surface area (Å²) in [7, 11) is 0. The fraction of sp³-hybridized carbons (Fsp3) is 0.588. The summed E-state index contributed by atoms with van der Waals surface area (Å²) in [5.74, 6) is 1.98. The number of nitrogens with zero attached hydrogens (tertiary/aromatic N) is 1. The Morgan fingerprint density at radius 1 is 1.25 bits per heavy atom. The molecule has 1 aromatic carbocycles. The molecule has 0 aromatic heterocycles. The highest BCUT2D eigenvalue weighted by molar-refractivity contribution is 6.00. The van der Waals surface area contributed by atoms with Gasteiger partial charge in [-0.05, 0) is 36.0 Å². The van der Waals surface area contributed by atoms with E-state index in [9.17, 15) is 4.39 Å². The van der Waals surface area contributed by atoms with Gasteiger partial charge in [0.15, 0.2) is 0 Å². The van der Waals surface area contributed by atoms with Crippen molar-refractivity contribution in [1.82, 2.24) is 4.90 Å². The molecule has 1 N–H and O–H groups in total. The monoisotopic (exact) mass is 274 g/mol. The van der Waals surface area contributed by atoms with Gasteiger partial charge < -0.3 is 4.90 Å². The van der Waals surface area contributed by atoms with E-state index < -0.39 is 0 Å². The maximum Gasteiger partial charge on any atom is 0.128 e. The zero-order chi connectivity index (χ0) is 14.1. The van der Waals surface area contributed by atoms with Crippen LogP contribution in [0.1, 0.15) is 50.2 Å². The van der Waals surface area contributed by atoms with Crippen molar-refractivity contribution in [2.75, 3.05) is 6.54 Å². The zero-order valence-electron chi connectivity index (χ0n) is 12.2.